The second-order valence-corrected chi connectivity index (χ2v) is 6.63. The molecule has 0 spiro atoms. The Kier molecular flexibility index (Phi) is 5.12. The first-order valence-electron chi connectivity index (χ1n) is 8.28. The van der Waals surface area contributed by atoms with Crippen molar-refractivity contribution in [2.45, 2.75) is 39.0 Å². The maximum Gasteiger partial charge on any atom is 0.142 e. The summed E-state index contributed by atoms with van der Waals surface area (Å²) >= 11 is 5.73. The van der Waals surface area contributed by atoms with E-state index in [-0.39, 0.29) is 5.02 Å². The van der Waals surface area contributed by atoms with Gasteiger partial charge in [0.05, 0.1) is 10.7 Å². The van der Waals surface area contributed by atoms with Crippen LogP contribution in [0.1, 0.15) is 44.6 Å². The van der Waals surface area contributed by atoms with Crippen LogP contribution in [0.2, 0.25) is 5.02 Å². The highest BCUT2D eigenvalue weighted by atomic mass is 35.5. The topological polar surface area (TPSA) is 12.9 Å². The normalized spacial score (nSPS) is 17.9. The quantitative estimate of drug-likeness (QED) is 0.621. The van der Waals surface area contributed by atoms with Crippen LogP contribution in [0.4, 0.5) is 4.39 Å². The molecule has 1 aliphatic rings. The predicted molar refractivity (Wildman–Crippen MR) is 94.9 cm³/mol. The van der Waals surface area contributed by atoms with E-state index in [1.165, 1.54) is 42.9 Å². The van der Waals surface area contributed by atoms with Crippen molar-refractivity contribution in [3.8, 4) is 11.3 Å². The minimum absolute atomic E-state index is 0.138. The van der Waals surface area contributed by atoms with Gasteiger partial charge in [0, 0.05) is 11.8 Å². The molecule has 0 radical (unpaired) electrons. The van der Waals surface area contributed by atoms with E-state index in [0.717, 1.165) is 23.6 Å². The van der Waals surface area contributed by atoms with E-state index in [9.17, 15) is 4.39 Å². The highest BCUT2D eigenvalue weighted by Crippen LogP contribution is 2.32. The van der Waals surface area contributed by atoms with Crippen LogP contribution >= 0.6 is 11.6 Å². The fraction of sp³-hybridized carbons (Fsp3) is 0.350. The summed E-state index contributed by atoms with van der Waals surface area (Å²) in [6.45, 7) is 2.25. The Hall–Kier alpha value is -1.67. The van der Waals surface area contributed by atoms with Crippen molar-refractivity contribution in [2.24, 2.45) is 5.92 Å². The van der Waals surface area contributed by atoms with E-state index in [0.29, 0.717) is 0 Å². The first-order valence-corrected chi connectivity index (χ1v) is 8.66. The molecule has 0 N–H and O–H groups in total. The SMILES string of the molecule is CCCC1CC=C(c2ccc(-c3ccc(Cl)c(F)c3)nc2)CC1. The van der Waals surface area contributed by atoms with Gasteiger partial charge < -0.3 is 0 Å². The molecule has 0 aliphatic heterocycles. The largest absolute Gasteiger partial charge is 0.256 e. The Balaban J connectivity index is 1.76. The summed E-state index contributed by atoms with van der Waals surface area (Å²) in [7, 11) is 0. The maximum absolute atomic E-state index is 13.6. The van der Waals surface area contributed by atoms with Crippen LogP contribution in [-0.4, -0.2) is 4.98 Å². The van der Waals surface area contributed by atoms with Gasteiger partial charge in [-0.15, -0.1) is 0 Å². The molecular formula is C20H21ClFN. The lowest BCUT2D eigenvalue weighted by molar-refractivity contribution is 0.445. The highest BCUT2D eigenvalue weighted by molar-refractivity contribution is 6.30. The molecule has 1 nitrogen and oxygen atoms in total. The molecule has 2 aromatic rings. The number of rotatable bonds is 4. The first kappa shape index (κ1) is 16.2. The lowest BCUT2D eigenvalue weighted by atomic mass is 9.85. The summed E-state index contributed by atoms with van der Waals surface area (Å²) in [5.41, 5.74) is 4.08. The summed E-state index contributed by atoms with van der Waals surface area (Å²) in [6.07, 6.45) is 10.4. The number of pyridine rings is 1. The Labute approximate surface area is 142 Å². The van der Waals surface area contributed by atoms with Crippen molar-refractivity contribution in [3.05, 3.63) is 59.0 Å². The number of halogens is 2. The van der Waals surface area contributed by atoms with Gasteiger partial charge in [-0.25, -0.2) is 4.39 Å². The summed E-state index contributed by atoms with van der Waals surface area (Å²) in [4.78, 5) is 4.50. The zero-order chi connectivity index (χ0) is 16.2. The van der Waals surface area contributed by atoms with Crippen molar-refractivity contribution in [3.63, 3.8) is 0 Å². The average molecular weight is 330 g/mol. The van der Waals surface area contributed by atoms with Crippen molar-refractivity contribution >= 4 is 17.2 Å². The highest BCUT2D eigenvalue weighted by Gasteiger charge is 2.15. The average Bonchev–Trinajstić information content (AvgIpc) is 2.59. The van der Waals surface area contributed by atoms with Gasteiger partial charge in [0.1, 0.15) is 5.82 Å². The molecule has 1 aromatic carbocycles. The first-order chi connectivity index (χ1) is 11.2. The second kappa shape index (κ2) is 7.27. The molecule has 0 amide bonds. The van der Waals surface area contributed by atoms with Crippen molar-refractivity contribution in [2.75, 3.05) is 0 Å². The molecule has 1 heterocycles. The molecule has 1 aliphatic carbocycles. The van der Waals surface area contributed by atoms with Crippen molar-refractivity contribution in [1.82, 2.24) is 4.98 Å². The fourth-order valence-corrected chi connectivity index (χ4v) is 3.35. The molecule has 1 atom stereocenters. The van der Waals surface area contributed by atoms with Crippen LogP contribution in [0.3, 0.4) is 0 Å². The predicted octanol–water partition coefficient (Wildman–Crippen LogP) is 6.52. The van der Waals surface area contributed by atoms with Crippen LogP contribution in [0.25, 0.3) is 16.8 Å². The summed E-state index contributed by atoms with van der Waals surface area (Å²) in [5, 5.41) is 0.138. The molecule has 0 bridgehead atoms. The summed E-state index contributed by atoms with van der Waals surface area (Å²) in [5.74, 6) is 0.431. The molecule has 1 unspecified atom stereocenters. The minimum Gasteiger partial charge on any atom is -0.256 e. The number of aromatic nitrogens is 1. The zero-order valence-corrected chi connectivity index (χ0v) is 14.1. The summed E-state index contributed by atoms with van der Waals surface area (Å²) in [6, 6.07) is 8.83. The van der Waals surface area contributed by atoms with Gasteiger partial charge in [0.2, 0.25) is 0 Å². The third-order valence-electron chi connectivity index (χ3n) is 4.57. The van der Waals surface area contributed by atoms with Crippen LogP contribution < -0.4 is 0 Å². The van der Waals surface area contributed by atoms with Gasteiger partial charge in [-0.2, -0.15) is 0 Å². The third kappa shape index (κ3) is 3.81. The standard InChI is InChI=1S/C20H21ClFN/c1-2-3-14-4-6-15(7-5-14)17-9-11-20(23-13-17)16-8-10-18(21)19(22)12-16/h6,8-14H,2-5,7H2,1H3. The maximum atomic E-state index is 13.6. The zero-order valence-electron chi connectivity index (χ0n) is 13.4. The third-order valence-corrected chi connectivity index (χ3v) is 4.87. The van der Waals surface area contributed by atoms with E-state index in [1.807, 2.05) is 12.3 Å². The smallest absolute Gasteiger partial charge is 0.142 e. The van der Waals surface area contributed by atoms with Gasteiger partial charge in [-0.1, -0.05) is 49.6 Å². The van der Waals surface area contributed by atoms with Crippen LogP contribution in [0.15, 0.2) is 42.6 Å². The van der Waals surface area contributed by atoms with Gasteiger partial charge in [-0.3, -0.25) is 4.98 Å². The molecule has 0 saturated carbocycles. The van der Waals surface area contributed by atoms with Gasteiger partial charge >= 0.3 is 0 Å². The number of hydrogen-bond acceptors (Lipinski definition) is 1. The molecule has 1 aromatic heterocycles. The van der Waals surface area contributed by atoms with Gasteiger partial charge in [-0.05, 0) is 54.5 Å². The van der Waals surface area contributed by atoms with E-state index in [2.05, 4.69) is 24.1 Å². The molecule has 3 rings (SSSR count). The lowest BCUT2D eigenvalue weighted by Gasteiger charge is -2.21. The fourth-order valence-electron chi connectivity index (χ4n) is 3.23. The molecule has 0 fully saturated rings. The number of allylic oxidation sites excluding steroid dienone is 2. The van der Waals surface area contributed by atoms with E-state index in [1.54, 1.807) is 12.1 Å². The van der Waals surface area contributed by atoms with Crippen LogP contribution in [0, 0.1) is 11.7 Å². The minimum atomic E-state index is -0.410. The number of nitrogens with zero attached hydrogens (tertiary/aromatic N) is 1. The van der Waals surface area contributed by atoms with Crippen LogP contribution in [-0.2, 0) is 0 Å². The molecule has 23 heavy (non-hydrogen) atoms. The number of hydrogen-bond donors (Lipinski definition) is 0. The van der Waals surface area contributed by atoms with E-state index in [4.69, 9.17) is 11.6 Å². The Bertz CT molecular complexity index is 706. The Morgan fingerprint density at radius 3 is 2.65 bits per heavy atom. The second-order valence-electron chi connectivity index (χ2n) is 6.22. The van der Waals surface area contributed by atoms with Gasteiger partial charge in [0.25, 0.3) is 0 Å². The van der Waals surface area contributed by atoms with Crippen LogP contribution in [0.5, 0.6) is 0 Å². The Morgan fingerprint density at radius 1 is 1.22 bits per heavy atom. The molecule has 0 saturated heterocycles. The van der Waals surface area contributed by atoms with E-state index >= 15 is 0 Å². The summed E-state index contributed by atoms with van der Waals surface area (Å²) < 4.78 is 13.6. The van der Waals surface area contributed by atoms with Gasteiger partial charge in [0.15, 0.2) is 0 Å². The molecule has 120 valence electrons. The molecule has 3 heteroatoms. The Morgan fingerprint density at radius 2 is 2.04 bits per heavy atom. The lowest BCUT2D eigenvalue weighted by Crippen LogP contribution is -2.05. The monoisotopic (exact) mass is 329 g/mol. The van der Waals surface area contributed by atoms with Crippen molar-refractivity contribution in [1.29, 1.82) is 0 Å². The molecular weight excluding hydrogens is 309 g/mol. The van der Waals surface area contributed by atoms with Crippen molar-refractivity contribution < 1.29 is 4.39 Å². The number of benzene rings is 1. The van der Waals surface area contributed by atoms with E-state index < -0.39 is 5.82 Å².